The van der Waals surface area contributed by atoms with Crippen LogP contribution >= 0.6 is 11.3 Å². The van der Waals surface area contributed by atoms with Gasteiger partial charge in [-0.05, 0) is 47.0 Å². The van der Waals surface area contributed by atoms with Gasteiger partial charge in [0.15, 0.2) is 0 Å². The summed E-state index contributed by atoms with van der Waals surface area (Å²) in [7, 11) is 0. The summed E-state index contributed by atoms with van der Waals surface area (Å²) in [4.78, 5) is 11.8. The molecule has 22 heavy (non-hydrogen) atoms. The summed E-state index contributed by atoms with van der Waals surface area (Å²) in [6.45, 7) is 2.10. The average Bonchev–Trinajstić information content (AvgIpc) is 3.06. The molecule has 1 aromatic carbocycles. The molecule has 0 bridgehead atoms. The van der Waals surface area contributed by atoms with Crippen LogP contribution in [0.3, 0.4) is 0 Å². The van der Waals surface area contributed by atoms with Crippen LogP contribution in [0.15, 0.2) is 41.1 Å². The highest BCUT2D eigenvalue weighted by atomic mass is 32.1. The van der Waals surface area contributed by atoms with Gasteiger partial charge in [-0.3, -0.25) is 0 Å². The first kappa shape index (κ1) is 16.0. The van der Waals surface area contributed by atoms with E-state index in [2.05, 4.69) is 16.7 Å². The Morgan fingerprint density at radius 2 is 2.23 bits per heavy atom. The maximum atomic E-state index is 11.8. The highest BCUT2D eigenvalue weighted by molar-refractivity contribution is 7.08. The van der Waals surface area contributed by atoms with E-state index in [1.165, 1.54) is 11.3 Å². The van der Waals surface area contributed by atoms with Crippen molar-refractivity contribution in [1.29, 1.82) is 5.26 Å². The van der Waals surface area contributed by atoms with Gasteiger partial charge in [-0.25, -0.2) is 4.79 Å². The van der Waals surface area contributed by atoms with Crippen LogP contribution in [0.2, 0.25) is 0 Å². The third-order valence-electron chi connectivity index (χ3n) is 3.25. The molecule has 0 aliphatic heterocycles. The van der Waals surface area contributed by atoms with Crippen molar-refractivity contribution in [1.82, 2.24) is 10.6 Å². The van der Waals surface area contributed by atoms with E-state index in [1.54, 1.807) is 25.1 Å². The number of carbonyl (C=O) groups is 1. The quantitative estimate of drug-likeness (QED) is 0.791. The predicted octanol–water partition coefficient (Wildman–Crippen LogP) is 2.33. The van der Waals surface area contributed by atoms with Gasteiger partial charge >= 0.3 is 6.03 Å². The number of nitrogens with one attached hydrogen (secondary N) is 2. The van der Waals surface area contributed by atoms with Crippen LogP contribution < -0.4 is 10.6 Å². The summed E-state index contributed by atoms with van der Waals surface area (Å²) in [5.41, 5.74) is 1.08. The second-order valence-corrected chi connectivity index (χ2v) is 5.91. The van der Waals surface area contributed by atoms with E-state index >= 15 is 0 Å². The Kier molecular flexibility index (Phi) is 5.15. The van der Waals surface area contributed by atoms with Crippen LogP contribution in [-0.4, -0.2) is 17.7 Å². The molecule has 1 atom stereocenters. The molecule has 5 nitrogen and oxygen atoms in total. The Labute approximate surface area is 133 Å². The number of benzene rings is 1. The van der Waals surface area contributed by atoms with Crippen LogP contribution in [0.4, 0.5) is 4.79 Å². The van der Waals surface area contributed by atoms with Gasteiger partial charge in [-0.1, -0.05) is 12.1 Å². The van der Waals surface area contributed by atoms with Gasteiger partial charge in [0, 0.05) is 6.54 Å². The van der Waals surface area contributed by atoms with Crippen molar-refractivity contribution in [3.63, 3.8) is 0 Å². The number of rotatable bonds is 5. The number of hydrogen-bond acceptors (Lipinski definition) is 4. The summed E-state index contributed by atoms with van der Waals surface area (Å²) in [6.07, 6.45) is 0. The fourth-order valence-corrected chi connectivity index (χ4v) is 2.70. The van der Waals surface area contributed by atoms with E-state index < -0.39 is 5.60 Å². The van der Waals surface area contributed by atoms with Crippen molar-refractivity contribution in [2.24, 2.45) is 0 Å². The molecule has 0 saturated carbocycles. The number of nitrogens with zero attached hydrogens (tertiary/aromatic N) is 1. The summed E-state index contributed by atoms with van der Waals surface area (Å²) in [6, 6.07) is 10.6. The van der Waals surface area contributed by atoms with Crippen LogP contribution in [0.1, 0.15) is 23.6 Å². The Morgan fingerprint density at radius 1 is 1.41 bits per heavy atom. The smallest absolute Gasteiger partial charge is 0.315 e. The van der Waals surface area contributed by atoms with Gasteiger partial charge in [0.1, 0.15) is 5.60 Å². The lowest BCUT2D eigenvalue weighted by Gasteiger charge is -2.22. The number of carbonyl (C=O) groups excluding carboxylic acids is 1. The third kappa shape index (κ3) is 4.32. The van der Waals surface area contributed by atoms with Crippen molar-refractivity contribution >= 4 is 17.4 Å². The molecule has 2 rings (SSSR count). The van der Waals surface area contributed by atoms with Crippen LogP contribution in [0, 0.1) is 11.3 Å². The van der Waals surface area contributed by atoms with E-state index in [9.17, 15) is 9.90 Å². The van der Waals surface area contributed by atoms with Crippen molar-refractivity contribution in [3.05, 3.63) is 57.8 Å². The monoisotopic (exact) mass is 315 g/mol. The number of aliphatic hydroxyl groups is 1. The molecule has 114 valence electrons. The van der Waals surface area contributed by atoms with Gasteiger partial charge in [-0.15, -0.1) is 0 Å². The molecule has 0 radical (unpaired) electrons. The average molecular weight is 315 g/mol. The molecule has 6 heteroatoms. The van der Waals surface area contributed by atoms with Gasteiger partial charge in [-0.2, -0.15) is 16.6 Å². The SMILES string of the molecule is C[C@](O)(CNC(=O)NCc1cccc(C#N)c1)c1ccsc1. The van der Waals surface area contributed by atoms with Gasteiger partial charge in [0.05, 0.1) is 18.2 Å². The zero-order valence-electron chi connectivity index (χ0n) is 12.2. The molecule has 0 spiro atoms. The molecule has 3 N–H and O–H groups in total. The molecule has 0 unspecified atom stereocenters. The second kappa shape index (κ2) is 7.07. The van der Waals surface area contributed by atoms with Crippen molar-refractivity contribution in [2.75, 3.05) is 6.54 Å². The minimum Gasteiger partial charge on any atom is -0.384 e. The zero-order valence-corrected chi connectivity index (χ0v) is 13.0. The Hall–Kier alpha value is -2.36. The number of amides is 2. The standard InChI is InChI=1S/C16H17N3O2S/c1-16(21,14-5-6-22-10-14)11-19-15(20)18-9-13-4-2-3-12(7-13)8-17/h2-7,10,21H,9,11H2,1H3,(H2,18,19,20)/t16-/m0/s1. The van der Waals surface area contributed by atoms with E-state index in [0.29, 0.717) is 12.1 Å². The van der Waals surface area contributed by atoms with Gasteiger partial charge in [0.2, 0.25) is 0 Å². The predicted molar refractivity (Wildman–Crippen MR) is 85.3 cm³/mol. The lowest BCUT2D eigenvalue weighted by atomic mass is 9.99. The van der Waals surface area contributed by atoms with Crippen molar-refractivity contribution < 1.29 is 9.90 Å². The van der Waals surface area contributed by atoms with Gasteiger partial charge in [0.25, 0.3) is 0 Å². The molecule has 1 aromatic heterocycles. The number of urea groups is 1. The fourth-order valence-electron chi connectivity index (χ4n) is 1.92. The van der Waals surface area contributed by atoms with E-state index in [-0.39, 0.29) is 12.6 Å². The molecule has 0 fully saturated rings. The molecular weight excluding hydrogens is 298 g/mol. The summed E-state index contributed by atoms with van der Waals surface area (Å²) in [5, 5.41) is 28.2. The first-order valence-corrected chi connectivity index (χ1v) is 7.71. The Balaban J connectivity index is 1.82. The lowest BCUT2D eigenvalue weighted by Crippen LogP contribution is -2.43. The first-order chi connectivity index (χ1) is 10.5. The second-order valence-electron chi connectivity index (χ2n) is 5.13. The largest absolute Gasteiger partial charge is 0.384 e. The molecule has 0 aliphatic rings. The maximum absolute atomic E-state index is 11.8. The zero-order chi connectivity index (χ0) is 16.0. The summed E-state index contributed by atoms with van der Waals surface area (Å²) >= 11 is 1.50. The minimum absolute atomic E-state index is 0.119. The summed E-state index contributed by atoms with van der Waals surface area (Å²) in [5.74, 6) is 0. The Bertz CT molecular complexity index is 675. The number of thiophene rings is 1. The topological polar surface area (TPSA) is 85.2 Å². The highest BCUT2D eigenvalue weighted by Gasteiger charge is 2.24. The third-order valence-corrected chi connectivity index (χ3v) is 3.93. The van der Waals surface area contributed by atoms with Crippen LogP contribution in [0.25, 0.3) is 0 Å². The van der Waals surface area contributed by atoms with E-state index in [0.717, 1.165) is 11.1 Å². The first-order valence-electron chi connectivity index (χ1n) is 6.77. The molecule has 0 saturated heterocycles. The van der Waals surface area contributed by atoms with Crippen LogP contribution in [0.5, 0.6) is 0 Å². The van der Waals surface area contributed by atoms with Crippen molar-refractivity contribution in [2.45, 2.75) is 19.1 Å². The fraction of sp³-hybridized carbons (Fsp3) is 0.250. The van der Waals surface area contributed by atoms with E-state index in [1.807, 2.05) is 22.9 Å². The molecule has 0 aliphatic carbocycles. The van der Waals surface area contributed by atoms with Gasteiger partial charge < -0.3 is 15.7 Å². The Morgan fingerprint density at radius 3 is 2.91 bits per heavy atom. The van der Waals surface area contributed by atoms with Crippen molar-refractivity contribution in [3.8, 4) is 6.07 Å². The highest BCUT2D eigenvalue weighted by Crippen LogP contribution is 2.21. The maximum Gasteiger partial charge on any atom is 0.315 e. The molecule has 2 aromatic rings. The lowest BCUT2D eigenvalue weighted by molar-refractivity contribution is 0.0598. The number of nitriles is 1. The van der Waals surface area contributed by atoms with Crippen LogP contribution in [-0.2, 0) is 12.1 Å². The summed E-state index contributed by atoms with van der Waals surface area (Å²) < 4.78 is 0. The molecule has 1 heterocycles. The normalized spacial score (nSPS) is 13.0. The molecule has 2 amide bonds. The number of hydrogen-bond donors (Lipinski definition) is 3. The minimum atomic E-state index is -1.10. The van der Waals surface area contributed by atoms with E-state index in [4.69, 9.17) is 5.26 Å². The molecular formula is C16H17N3O2S.